The molecule has 0 atom stereocenters. The van der Waals surface area contributed by atoms with Crippen molar-refractivity contribution >= 4 is 34.6 Å². The first kappa shape index (κ1) is 10.1. The Hall–Kier alpha value is -1.00. The molecule has 0 spiro atoms. The van der Waals surface area contributed by atoms with Gasteiger partial charge in [0.25, 0.3) is 0 Å². The minimum atomic E-state index is 0.181. The summed E-state index contributed by atoms with van der Waals surface area (Å²) in [5.41, 5.74) is 5.99. The van der Waals surface area contributed by atoms with Gasteiger partial charge in [0.1, 0.15) is 5.75 Å². The fourth-order valence-electron chi connectivity index (χ4n) is 0.911. The van der Waals surface area contributed by atoms with Crippen molar-refractivity contribution in [3.63, 3.8) is 0 Å². The highest BCUT2D eigenvalue weighted by atomic mass is 35.5. The molecule has 0 radical (unpaired) electrons. The monoisotopic (exact) mass is 216 g/mol. The molecule has 13 heavy (non-hydrogen) atoms. The van der Waals surface area contributed by atoms with Crippen LogP contribution in [0.4, 0.5) is 5.69 Å². The zero-order chi connectivity index (χ0) is 9.84. The van der Waals surface area contributed by atoms with Crippen LogP contribution in [0.3, 0.4) is 0 Å². The second-order valence-electron chi connectivity index (χ2n) is 2.33. The highest BCUT2D eigenvalue weighted by molar-refractivity contribution is 7.80. The van der Waals surface area contributed by atoms with Gasteiger partial charge in [-0.15, -0.1) is 0 Å². The maximum atomic E-state index is 5.78. The van der Waals surface area contributed by atoms with Crippen LogP contribution in [0.25, 0.3) is 0 Å². The Kier molecular flexibility index (Phi) is 3.33. The zero-order valence-corrected chi connectivity index (χ0v) is 8.58. The van der Waals surface area contributed by atoms with Crippen molar-refractivity contribution < 1.29 is 4.74 Å². The third kappa shape index (κ3) is 2.75. The number of rotatable bonds is 2. The van der Waals surface area contributed by atoms with Crippen molar-refractivity contribution in [1.29, 1.82) is 0 Å². The van der Waals surface area contributed by atoms with Gasteiger partial charge in [-0.05, 0) is 30.4 Å². The van der Waals surface area contributed by atoms with Crippen molar-refractivity contribution in [2.45, 2.75) is 0 Å². The Balaban J connectivity index is 3.01. The number of halogens is 1. The molecular formula is C8H9ClN2OS. The Bertz CT molecular complexity index is 330. The van der Waals surface area contributed by atoms with E-state index in [1.54, 1.807) is 25.3 Å². The summed E-state index contributed by atoms with van der Waals surface area (Å²) in [5, 5.41) is 3.54. The first-order valence-corrected chi connectivity index (χ1v) is 4.32. The standard InChI is InChI=1S/C8H9ClN2OS/c1-12-7-3-2-5(9)4-6(7)11-8(10)13/h2-4H,1H3,(H3,10,11,13). The molecule has 0 bridgehead atoms. The van der Waals surface area contributed by atoms with Gasteiger partial charge in [-0.25, -0.2) is 0 Å². The van der Waals surface area contributed by atoms with E-state index < -0.39 is 0 Å². The van der Waals surface area contributed by atoms with Gasteiger partial charge >= 0.3 is 0 Å². The molecule has 0 aliphatic heterocycles. The van der Waals surface area contributed by atoms with E-state index in [0.717, 1.165) is 0 Å². The molecule has 0 aliphatic carbocycles. The van der Waals surface area contributed by atoms with E-state index in [9.17, 15) is 0 Å². The fourth-order valence-corrected chi connectivity index (χ4v) is 1.19. The molecule has 0 unspecified atom stereocenters. The number of nitrogens with one attached hydrogen (secondary N) is 1. The Labute approximate surface area is 86.8 Å². The van der Waals surface area contributed by atoms with Gasteiger partial charge in [-0.1, -0.05) is 11.6 Å². The predicted molar refractivity (Wildman–Crippen MR) is 58.4 cm³/mol. The molecule has 0 aromatic heterocycles. The summed E-state index contributed by atoms with van der Waals surface area (Å²) >= 11 is 10.5. The topological polar surface area (TPSA) is 47.3 Å². The first-order valence-electron chi connectivity index (χ1n) is 3.53. The molecule has 70 valence electrons. The molecule has 1 aromatic rings. The second-order valence-corrected chi connectivity index (χ2v) is 3.21. The molecule has 3 N–H and O–H groups in total. The summed E-state index contributed by atoms with van der Waals surface area (Å²) in [4.78, 5) is 0. The predicted octanol–water partition coefficient (Wildman–Crippen LogP) is 2.00. The number of benzene rings is 1. The molecule has 1 aromatic carbocycles. The maximum Gasteiger partial charge on any atom is 0.168 e. The van der Waals surface area contributed by atoms with E-state index in [1.165, 1.54) is 0 Å². The molecule has 0 saturated heterocycles. The minimum absolute atomic E-state index is 0.181. The van der Waals surface area contributed by atoms with Crippen LogP contribution in [-0.4, -0.2) is 12.2 Å². The summed E-state index contributed by atoms with van der Waals surface area (Å²) < 4.78 is 5.06. The highest BCUT2D eigenvalue weighted by Crippen LogP contribution is 2.27. The lowest BCUT2D eigenvalue weighted by molar-refractivity contribution is 0.417. The first-order chi connectivity index (χ1) is 6.13. The number of nitrogens with two attached hydrogens (primary N) is 1. The quantitative estimate of drug-likeness (QED) is 0.743. The van der Waals surface area contributed by atoms with Crippen LogP contribution in [0.15, 0.2) is 18.2 Å². The van der Waals surface area contributed by atoms with E-state index in [4.69, 9.17) is 34.3 Å². The molecule has 0 heterocycles. The van der Waals surface area contributed by atoms with Crippen molar-refractivity contribution in [3.05, 3.63) is 23.2 Å². The van der Waals surface area contributed by atoms with Gasteiger partial charge in [0.05, 0.1) is 12.8 Å². The molecule has 3 nitrogen and oxygen atoms in total. The van der Waals surface area contributed by atoms with E-state index in [0.29, 0.717) is 16.5 Å². The van der Waals surface area contributed by atoms with E-state index in [1.807, 2.05) is 0 Å². The van der Waals surface area contributed by atoms with Gasteiger partial charge in [-0.2, -0.15) is 0 Å². The maximum absolute atomic E-state index is 5.78. The Morgan fingerprint density at radius 2 is 2.31 bits per heavy atom. The lowest BCUT2D eigenvalue weighted by Gasteiger charge is -2.09. The molecule has 5 heteroatoms. The molecule has 1 rings (SSSR count). The van der Waals surface area contributed by atoms with Crippen molar-refractivity contribution in [3.8, 4) is 5.75 Å². The number of methoxy groups -OCH3 is 1. The lowest BCUT2D eigenvalue weighted by Crippen LogP contribution is -2.19. The number of hydrogen-bond donors (Lipinski definition) is 2. The molecule has 0 amide bonds. The number of anilines is 1. The van der Waals surface area contributed by atoms with Crippen LogP contribution in [0.5, 0.6) is 5.75 Å². The number of thiocarbonyl (C=S) groups is 1. The van der Waals surface area contributed by atoms with Crippen LogP contribution < -0.4 is 15.8 Å². The van der Waals surface area contributed by atoms with Crippen LogP contribution >= 0.6 is 23.8 Å². The third-order valence-electron chi connectivity index (χ3n) is 1.42. The molecule has 0 fully saturated rings. The fraction of sp³-hybridized carbons (Fsp3) is 0.125. The summed E-state index contributed by atoms with van der Waals surface area (Å²) in [6.45, 7) is 0. The van der Waals surface area contributed by atoms with E-state index >= 15 is 0 Å². The summed E-state index contributed by atoms with van der Waals surface area (Å²) in [6.07, 6.45) is 0. The Morgan fingerprint density at radius 1 is 1.62 bits per heavy atom. The Morgan fingerprint density at radius 3 is 2.85 bits per heavy atom. The van der Waals surface area contributed by atoms with Crippen LogP contribution in [0, 0.1) is 0 Å². The van der Waals surface area contributed by atoms with Gasteiger partial charge in [-0.3, -0.25) is 0 Å². The average Bonchev–Trinajstić information content (AvgIpc) is 2.03. The van der Waals surface area contributed by atoms with Crippen LogP contribution in [0.1, 0.15) is 0 Å². The smallest absolute Gasteiger partial charge is 0.168 e. The van der Waals surface area contributed by atoms with Crippen LogP contribution in [0.2, 0.25) is 5.02 Å². The zero-order valence-electron chi connectivity index (χ0n) is 7.00. The van der Waals surface area contributed by atoms with Crippen molar-refractivity contribution in [1.82, 2.24) is 0 Å². The van der Waals surface area contributed by atoms with Gasteiger partial charge in [0.15, 0.2) is 5.11 Å². The van der Waals surface area contributed by atoms with Gasteiger partial charge in [0.2, 0.25) is 0 Å². The van der Waals surface area contributed by atoms with Gasteiger partial charge < -0.3 is 15.8 Å². The number of ether oxygens (including phenoxy) is 1. The van der Waals surface area contributed by atoms with E-state index in [2.05, 4.69) is 5.32 Å². The largest absolute Gasteiger partial charge is 0.495 e. The average molecular weight is 217 g/mol. The molecular weight excluding hydrogens is 208 g/mol. The molecule has 0 aliphatic rings. The van der Waals surface area contributed by atoms with E-state index in [-0.39, 0.29) is 5.11 Å². The molecule has 0 saturated carbocycles. The number of hydrogen-bond acceptors (Lipinski definition) is 2. The lowest BCUT2D eigenvalue weighted by atomic mass is 10.3. The second kappa shape index (κ2) is 4.30. The van der Waals surface area contributed by atoms with Crippen molar-refractivity contribution in [2.24, 2.45) is 5.73 Å². The normalized spacial score (nSPS) is 9.38. The summed E-state index contributed by atoms with van der Waals surface area (Å²) in [6, 6.07) is 5.16. The van der Waals surface area contributed by atoms with Crippen molar-refractivity contribution in [2.75, 3.05) is 12.4 Å². The minimum Gasteiger partial charge on any atom is -0.495 e. The summed E-state index contributed by atoms with van der Waals surface area (Å²) in [5.74, 6) is 0.650. The SMILES string of the molecule is COc1ccc(Cl)cc1NC(N)=S. The van der Waals surface area contributed by atoms with Gasteiger partial charge in [0, 0.05) is 5.02 Å². The summed E-state index contributed by atoms with van der Waals surface area (Å²) in [7, 11) is 1.56. The third-order valence-corrected chi connectivity index (χ3v) is 1.76. The van der Waals surface area contributed by atoms with Crippen LogP contribution in [-0.2, 0) is 0 Å². The highest BCUT2D eigenvalue weighted by Gasteiger charge is 2.03.